The first-order valence-corrected chi connectivity index (χ1v) is 7.12. The van der Waals surface area contributed by atoms with E-state index >= 15 is 0 Å². The van der Waals surface area contributed by atoms with Crippen molar-refractivity contribution in [1.29, 1.82) is 0 Å². The molecule has 0 saturated heterocycles. The van der Waals surface area contributed by atoms with Crippen molar-refractivity contribution >= 4 is 22.2 Å². The number of benzene rings is 1. The SMILES string of the molecule is CC(CS(C)=O)Nc1cc(OC(F)F)c(F)cc1N. The summed E-state index contributed by atoms with van der Waals surface area (Å²) >= 11 is 0. The maximum absolute atomic E-state index is 13.3. The Kier molecular flexibility index (Phi) is 5.46. The molecule has 0 fully saturated rings. The van der Waals surface area contributed by atoms with Crippen molar-refractivity contribution in [1.82, 2.24) is 0 Å². The van der Waals surface area contributed by atoms with Crippen LogP contribution in [-0.2, 0) is 10.8 Å². The van der Waals surface area contributed by atoms with Gasteiger partial charge in [0.05, 0.1) is 11.4 Å². The molecular weight excluding hydrogens is 281 g/mol. The quantitative estimate of drug-likeness (QED) is 0.790. The van der Waals surface area contributed by atoms with Gasteiger partial charge in [0.25, 0.3) is 0 Å². The van der Waals surface area contributed by atoms with Crippen LogP contribution in [-0.4, -0.2) is 28.9 Å². The Bertz CT molecular complexity index is 471. The average Bonchev–Trinajstić information content (AvgIpc) is 2.23. The van der Waals surface area contributed by atoms with E-state index in [9.17, 15) is 17.4 Å². The average molecular weight is 296 g/mol. The van der Waals surface area contributed by atoms with Crippen LogP contribution < -0.4 is 15.8 Å². The molecule has 0 saturated carbocycles. The maximum atomic E-state index is 13.3. The molecule has 0 aliphatic rings. The summed E-state index contributed by atoms with van der Waals surface area (Å²) in [5.74, 6) is -1.20. The number of nitrogens with one attached hydrogen (secondary N) is 1. The molecule has 2 unspecified atom stereocenters. The van der Waals surface area contributed by atoms with Gasteiger partial charge in [-0.3, -0.25) is 4.21 Å². The highest BCUT2D eigenvalue weighted by atomic mass is 32.2. The fourth-order valence-corrected chi connectivity index (χ4v) is 2.33. The Morgan fingerprint density at radius 1 is 1.47 bits per heavy atom. The van der Waals surface area contributed by atoms with Crippen LogP contribution in [0, 0.1) is 5.82 Å². The molecule has 2 atom stereocenters. The Labute approximate surface area is 111 Å². The standard InChI is InChI=1S/C11H15F3N2O2S/c1-6(5-19(2)17)16-9-4-10(18-11(13)14)7(12)3-8(9)15/h3-4,6,11,16H,5,15H2,1-2H3. The minimum Gasteiger partial charge on any atom is -0.432 e. The van der Waals surface area contributed by atoms with Gasteiger partial charge in [-0.1, -0.05) is 0 Å². The Hall–Kier alpha value is -1.44. The van der Waals surface area contributed by atoms with Gasteiger partial charge in [0, 0.05) is 41.0 Å². The molecule has 3 N–H and O–H groups in total. The van der Waals surface area contributed by atoms with E-state index in [1.54, 1.807) is 6.92 Å². The number of halogens is 3. The van der Waals surface area contributed by atoms with E-state index in [0.717, 1.165) is 12.1 Å². The van der Waals surface area contributed by atoms with Gasteiger partial charge >= 0.3 is 6.61 Å². The van der Waals surface area contributed by atoms with Crippen molar-refractivity contribution in [3.05, 3.63) is 17.9 Å². The number of alkyl halides is 2. The second kappa shape index (κ2) is 6.65. The van der Waals surface area contributed by atoms with Gasteiger partial charge in [-0.05, 0) is 6.92 Å². The third-order valence-electron chi connectivity index (χ3n) is 2.21. The Balaban J connectivity index is 2.91. The Morgan fingerprint density at radius 2 is 2.11 bits per heavy atom. The van der Waals surface area contributed by atoms with Gasteiger partial charge in [0.15, 0.2) is 11.6 Å². The predicted octanol–water partition coefficient (Wildman–Crippen LogP) is 2.19. The fourth-order valence-electron chi connectivity index (χ4n) is 1.54. The van der Waals surface area contributed by atoms with E-state index in [1.807, 2.05) is 0 Å². The van der Waals surface area contributed by atoms with Crippen LogP contribution in [0.5, 0.6) is 5.75 Å². The first kappa shape index (κ1) is 15.6. The highest BCUT2D eigenvalue weighted by Gasteiger charge is 2.14. The molecule has 0 bridgehead atoms. The van der Waals surface area contributed by atoms with E-state index < -0.39 is 29.0 Å². The van der Waals surface area contributed by atoms with E-state index in [0.29, 0.717) is 5.75 Å². The highest BCUT2D eigenvalue weighted by molar-refractivity contribution is 7.84. The molecule has 0 radical (unpaired) electrons. The normalized spacial score (nSPS) is 14.2. The van der Waals surface area contributed by atoms with E-state index in [-0.39, 0.29) is 17.4 Å². The lowest BCUT2D eigenvalue weighted by molar-refractivity contribution is -0.0521. The van der Waals surface area contributed by atoms with Gasteiger partial charge in [0.1, 0.15) is 0 Å². The number of hydrogen-bond donors (Lipinski definition) is 2. The molecule has 0 heterocycles. The van der Waals surface area contributed by atoms with E-state index in [1.165, 1.54) is 6.26 Å². The van der Waals surface area contributed by atoms with E-state index in [2.05, 4.69) is 10.1 Å². The van der Waals surface area contributed by atoms with Crippen molar-refractivity contribution < 1.29 is 22.1 Å². The highest BCUT2D eigenvalue weighted by Crippen LogP contribution is 2.29. The lowest BCUT2D eigenvalue weighted by Crippen LogP contribution is -2.23. The number of ether oxygens (including phenoxy) is 1. The first-order chi connectivity index (χ1) is 8.79. The second-order valence-corrected chi connectivity index (χ2v) is 5.51. The van der Waals surface area contributed by atoms with Gasteiger partial charge < -0.3 is 15.8 Å². The third kappa shape index (κ3) is 4.98. The minimum atomic E-state index is -3.12. The predicted molar refractivity (Wildman–Crippen MR) is 69.5 cm³/mol. The number of nitrogen functional groups attached to an aromatic ring is 1. The fraction of sp³-hybridized carbons (Fsp3) is 0.455. The van der Waals surface area contributed by atoms with Gasteiger partial charge in [-0.2, -0.15) is 8.78 Å². The molecule has 1 rings (SSSR count). The summed E-state index contributed by atoms with van der Waals surface area (Å²) in [5.41, 5.74) is 5.90. The third-order valence-corrected chi connectivity index (χ3v) is 3.18. The molecule has 8 heteroatoms. The molecule has 1 aromatic carbocycles. The summed E-state index contributed by atoms with van der Waals surface area (Å²) in [6, 6.07) is 1.75. The summed E-state index contributed by atoms with van der Waals surface area (Å²) in [6.07, 6.45) is 1.54. The van der Waals surface area contributed by atoms with Crippen LogP contribution in [0.1, 0.15) is 6.92 Å². The molecule has 0 aromatic heterocycles. The van der Waals surface area contributed by atoms with Gasteiger partial charge in [0.2, 0.25) is 0 Å². The van der Waals surface area contributed by atoms with Gasteiger partial charge in [-0.15, -0.1) is 0 Å². The zero-order valence-electron chi connectivity index (χ0n) is 10.5. The zero-order chi connectivity index (χ0) is 14.6. The molecule has 0 amide bonds. The molecule has 4 nitrogen and oxygen atoms in total. The number of rotatable bonds is 6. The topological polar surface area (TPSA) is 64.3 Å². The van der Waals surface area contributed by atoms with E-state index in [4.69, 9.17) is 5.73 Å². The van der Waals surface area contributed by atoms with Crippen molar-refractivity contribution in [2.24, 2.45) is 0 Å². The molecule has 108 valence electrons. The summed E-state index contributed by atoms with van der Waals surface area (Å²) in [5, 5.41) is 2.87. The number of hydrogen-bond acceptors (Lipinski definition) is 4. The van der Waals surface area contributed by atoms with Crippen molar-refractivity contribution in [3.8, 4) is 5.75 Å². The molecule has 0 aliphatic carbocycles. The van der Waals surface area contributed by atoms with Crippen molar-refractivity contribution in [2.45, 2.75) is 19.6 Å². The van der Waals surface area contributed by atoms with Crippen LogP contribution in [0.15, 0.2) is 12.1 Å². The minimum absolute atomic E-state index is 0.0628. The second-order valence-electron chi connectivity index (χ2n) is 4.03. The Morgan fingerprint density at radius 3 is 2.63 bits per heavy atom. The lowest BCUT2D eigenvalue weighted by Gasteiger charge is -2.17. The number of anilines is 2. The molecule has 1 aromatic rings. The molecule has 0 aliphatic heterocycles. The summed E-state index contributed by atoms with van der Waals surface area (Å²) in [4.78, 5) is 0. The van der Waals surface area contributed by atoms with Crippen LogP contribution in [0.25, 0.3) is 0 Å². The maximum Gasteiger partial charge on any atom is 0.387 e. The van der Waals surface area contributed by atoms with Gasteiger partial charge in [-0.25, -0.2) is 4.39 Å². The van der Waals surface area contributed by atoms with Crippen LogP contribution in [0.3, 0.4) is 0 Å². The van der Waals surface area contributed by atoms with Crippen LogP contribution in [0.2, 0.25) is 0 Å². The van der Waals surface area contributed by atoms with Crippen molar-refractivity contribution in [3.63, 3.8) is 0 Å². The van der Waals surface area contributed by atoms with Crippen molar-refractivity contribution in [2.75, 3.05) is 23.1 Å². The summed E-state index contributed by atoms with van der Waals surface area (Å²) < 4.78 is 52.6. The molecule has 19 heavy (non-hydrogen) atoms. The number of nitrogens with two attached hydrogens (primary N) is 1. The zero-order valence-corrected chi connectivity index (χ0v) is 11.3. The smallest absolute Gasteiger partial charge is 0.387 e. The lowest BCUT2D eigenvalue weighted by atomic mass is 10.2. The monoisotopic (exact) mass is 296 g/mol. The molecular formula is C11H15F3N2O2S. The summed E-state index contributed by atoms with van der Waals surface area (Å²) in [7, 11) is -1.02. The summed E-state index contributed by atoms with van der Waals surface area (Å²) in [6.45, 7) is -1.37. The first-order valence-electron chi connectivity index (χ1n) is 5.40. The molecule has 0 spiro atoms. The van der Waals surface area contributed by atoms with Crippen LogP contribution in [0.4, 0.5) is 24.5 Å². The largest absolute Gasteiger partial charge is 0.432 e. The van der Waals surface area contributed by atoms with Crippen LogP contribution >= 0.6 is 0 Å².